The first-order chi connectivity index (χ1) is 17.4. The van der Waals surface area contributed by atoms with E-state index in [1.165, 1.54) is 0 Å². The van der Waals surface area contributed by atoms with Crippen LogP contribution in [0.25, 0.3) is 10.8 Å². The average Bonchev–Trinajstić information content (AvgIpc) is 2.91. The minimum Gasteiger partial charge on any atom is -0.385 e. The van der Waals surface area contributed by atoms with E-state index in [2.05, 4.69) is 22.7 Å². The van der Waals surface area contributed by atoms with Crippen LogP contribution in [-0.4, -0.2) is 33.0 Å². The van der Waals surface area contributed by atoms with Crippen molar-refractivity contribution in [2.24, 2.45) is 5.73 Å². The van der Waals surface area contributed by atoms with Crippen LogP contribution >= 0.6 is 0 Å². The topological polar surface area (TPSA) is 122 Å². The molecule has 4 aromatic rings. The minimum absolute atomic E-state index is 0.0738. The van der Waals surface area contributed by atoms with Gasteiger partial charge in [0.2, 0.25) is 5.91 Å². The molecule has 0 bridgehead atoms. The Morgan fingerprint density at radius 3 is 2.44 bits per heavy atom. The highest BCUT2D eigenvalue weighted by Gasteiger charge is 2.20. The van der Waals surface area contributed by atoms with Gasteiger partial charge in [-0.2, -0.15) is 5.10 Å². The second-order valence-electron chi connectivity index (χ2n) is 8.80. The summed E-state index contributed by atoms with van der Waals surface area (Å²) in [5, 5.41) is 22.1. The molecule has 1 amide bonds. The van der Waals surface area contributed by atoms with Crippen molar-refractivity contribution < 1.29 is 9.90 Å². The first kappa shape index (κ1) is 25.2. The molecule has 1 aromatic heterocycles. The average molecular weight is 486 g/mol. The molecule has 4 rings (SSSR count). The number of aliphatic hydroxyl groups is 1. The zero-order chi connectivity index (χ0) is 25.5. The monoisotopic (exact) mass is 485 g/mol. The summed E-state index contributed by atoms with van der Waals surface area (Å²) in [6.45, 7) is 1.89. The zero-order valence-electron chi connectivity index (χ0n) is 20.2. The first-order valence-corrected chi connectivity index (χ1v) is 12.0. The van der Waals surface area contributed by atoms with Gasteiger partial charge in [0.25, 0.3) is 5.56 Å². The second kappa shape index (κ2) is 11.7. The fourth-order valence-corrected chi connectivity index (χ4v) is 4.13. The van der Waals surface area contributed by atoms with Crippen LogP contribution in [0.2, 0.25) is 0 Å². The summed E-state index contributed by atoms with van der Waals surface area (Å²) in [5.41, 5.74) is 8.40. The fraction of sp³-hybridized carbons (Fsp3) is 0.250. The molecule has 0 spiro atoms. The molecule has 0 unspecified atom stereocenters. The number of amides is 1. The minimum atomic E-state index is -0.803. The van der Waals surface area contributed by atoms with E-state index in [9.17, 15) is 14.7 Å². The molecule has 3 atom stereocenters. The lowest BCUT2D eigenvalue weighted by Gasteiger charge is -2.26. The molecule has 8 nitrogen and oxygen atoms in total. The fourth-order valence-electron chi connectivity index (χ4n) is 4.13. The lowest BCUT2D eigenvalue weighted by molar-refractivity contribution is -0.117. The highest BCUT2D eigenvalue weighted by Crippen LogP contribution is 2.17. The van der Waals surface area contributed by atoms with Crippen molar-refractivity contribution in [2.75, 3.05) is 5.32 Å². The molecule has 0 aliphatic heterocycles. The number of nitrogens with two attached hydrogens (primary N) is 1. The summed E-state index contributed by atoms with van der Waals surface area (Å²) < 4.78 is 1.16. The molecule has 0 fully saturated rings. The Kier molecular flexibility index (Phi) is 8.22. The van der Waals surface area contributed by atoms with Gasteiger partial charge in [0.05, 0.1) is 17.7 Å². The van der Waals surface area contributed by atoms with Gasteiger partial charge in [-0.25, -0.2) is 4.68 Å². The molecule has 0 aliphatic carbocycles. The molecule has 0 aliphatic rings. The number of nitrogens with one attached hydrogen (secondary N) is 2. The quantitative estimate of drug-likeness (QED) is 0.256. The Balaban J connectivity index is 1.33. The normalized spacial score (nSPS) is 13.8. The van der Waals surface area contributed by atoms with Crippen molar-refractivity contribution in [1.29, 1.82) is 0 Å². The van der Waals surface area contributed by atoms with E-state index >= 15 is 0 Å². The number of nitrogens with zero attached hydrogens (tertiary/aromatic N) is 2. The standard InChI is InChI=1S/C28H31N5O3/c1-2-22(32-27(29)26(35)20-8-4-3-5-9-20)16-19-12-14-23(15-13-19)31-25(34)18-33-28(36)24-11-7-6-10-21(24)17-30-33/h3-15,17,22,26-27,32,35H,2,16,18,29H2,1H3,(H,31,34)/t22-,26+,27-/m0/s1. The SMILES string of the molecule is CC[C@@H](Cc1ccc(NC(=O)Cn2ncc3ccccc3c2=O)cc1)N[C@H](N)[C@H](O)c1ccccc1. The van der Waals surface area contributed by atoms with Crippen LogP contribution in [0.15, 0.2) is 89.9 Å². The van der Waals surface area contributed by atoms with Gasteiger partial charge in [-0.15, -0.1) is 0 Å². The van der Waals surface area contributed by atoms with Gasteiger partial charge in [0.1, 0.15) is 12.6 Å². The highest BCUT2D eigenvalue weighted by molar-refractivity contribution is 5.90. The van der Waals surface area contributed by atoms with Crippen LogP contribution in [0.4, 0.5) is 5.69 Å². The molecule has 36 heavy (non-hydrogen) atoms. The van der Waals surface area contributed by atoms with Gasteiger partial charge in [-0.1, -0.05) is 67.6 Å². The van der Waals surface area contributed by atoms with Crippen molar-refractivity contribution >= 4 is 22.4 Å². The summed E-state index contributed by atoms with van der Waals surface area (Å²) in [5.74, 6) is -0.332. The Morgan fingerprint density at radius 1 is 1.03 bits per heavy atom. The van der Waals surface area contributed by atoms with Gasteiger partial charge in [0, 0.05) is 17.1 Å². The van der Waals surface area contributed by atoms with Crippen LogP contribution in [0.3, 0.4) is 0 Å². The maximum Gasteiger partial charge on any atom is 0.275 e. The number of fused-ring (bicyclic) bond motifs is 1. The van der Waals surface area contributed by atoms with Crippen LogP contribution < -0.4 is 21.9 Å². The summed E-state index contributed by atoms with van der Waals surface area (Å²) in [7, 11) is 0. The number of anilines is 1. The van der Waals surface area contributed by atoms with Gasteiger partial charge in [-0.3, -0.25) is 14.9 Å². The predicted octanol–water partition coefficient (Wildman–Crippen LogP) is 2.96. The number of hydrogen-bond acceptors (Lipinski definition) is 6. The smallest absolute Gasteiger partial charge is 0.275 e. The third-order valence-corrected chi connectivity index (χ3v) is 6.18. The van der Waals surface area contributed by atoms with Gasteiger partial charge in [0.15, 0.2) is 0 Å². The molecule has 0 radical (unpaired) electrons. The zero-order valence-corrected chi connectivity index (χ0v) is 20.2. The van der Waals surface area contributed by atoms with Crippen molar-refractivity contribution in [2.45, 2.75) is 44.6 Å². The van der Waals surface area contributed by atoms with E-state index in [0.29, 0.717) is 11.1 Å². The lowest BCUT2D eigenvalue weighted by atomic mass is 10.0. The van der Waals surface area contributed by atoms with Gasteiger partial charge in [-0.05, 0) is 42.2 Å². The number of carbonyl (C=O) groups is 1. The van der Waals surface area contributed by atoms with Crippen molar-refractivity contribution in [3.8, 4) is 0 Å². The number of hydrogen-bond donors (Lipinski definition) is 4. The number of carbonyl (C=O) groups excluding carboxylic acids is 1. The van der Waals surface area contributed by atoms with E-state index in [0.717, 1.165) is 34.0 Å². The van der Waals surface area contributed by atoms with Crippen LogP contribution in [0, 0.1) is 0 Å². The Bertz CT molecular complexity index is 1360. The molecule has 186 valence electrons. The van der Waals surface area contributed by atoms with Crippen molar-refractivity contribution in [1.82, 2.24) is 15.1 Å². The summed E-state index contributed by atoms with van der Waals surface area (Å²) in [6.07, 6.45) is 1.74. The maximum atomic E-state index is 12.6. The number of aromatic nitrogens is 2. The van der Waals surface area contributed by atoms with Gasteiger partial charge >= 0.3 is 0 Å². The summed E-state index contributed by atoms with van der Waals surface area (Å²) >= 11 is 0. The van der Waals surface area contributed by atoms with Crippen molar-refractivity contribution in [3.63, 3.8) is 0 Å². The van der Waals surface area contributed by atoms with E-state index in [-0.39, 0.29) is 24.1 Å². The second-order valence-corrected chi connectivity index (χ2v) is 8.80. The van der Waals surface area contributed by atoms with E-state index in [1.54, 1.807) is 18.3 Å². The molecule has 1 heterocycles. The number of rotatable bonds is 10. The summed E-state index contributed by atoms with van der Waals surface area (Å²) in [4.78, 5) is 25.1. The third kappa shape index (κ3) is 6.23. The highest BCUT2D eigenvalue weighted by atomic mass is 16.3. The molecule has 0 saturated carbocycles. The molecular formula is C28H31N5O3. The van der Waals surface area contributed by atoms with E-state index in [1.807, 2.05) is 66.7 Å². The molecule has 5 N–H and O–H groups in total. The van der Waals surface area contributed by atoms with Gasteiger partial charge < -0.3 is 16.2 Å². The Labute approximate surface area is 209 Å². The Hall–Kier alpha value is -3.85. The first-order valence-electron chi connectivity index (χ1n) is 12.0. The number of aliphatic hydroxyl groups excluding tert-OH is 1. The third-order valence-electron chi connectivity index (χ3n) is 6.18. The van der Waals surface area contributed by atoms with Crippen LogP contribution in [0.1, 0.15) is 30.6 Å². The molecule has 3 aromatic carbocycles. The van der Waals surface area contributed by atoms with E-state index < -0.39 is 12.3 Å². The molecule has 0 saturated heterocycles. The summed E-state index contributed by atoms with van der Waals surface area (Å²) in [6, 6.07) is 24.1. The lowest BCUT2D eigenvalue weighted by Crippen LogP contribution is -2.48. The number of benzene rings is 3. The Morgan fingerprint density at radius 2 is 1.72 bits per heavy atom. The predicted molar refractivity (Wildman–Crippen MR) is 141 cm³/mol. The molecular weight excluding hydrogens is 454 g/mol. The van der Waals surface area contributed by atoms with Crippen molar-refractivity contribution in [3.05, 3.63) is 107 Å². The molecule has 8 heteroatoms. The van der Waals surface area contributed by atoms with E-state index in [4.69, 9.17) is 5.73 Å². The maximum absolute atomic E-state index is 12.6. The van der Waals surface area contributed by atoms with Crippen LogP contribution in [-0.2, 0) is 17.8 Å². The largest absolute Gasteiger partial charge is 0.385 e. The van der Waals surface area contributed by atoms with Crippen LogP contribution in [0.5, 0.6) is 0 Å².